The molecule has 1 aromatic heterocycles. The first-order valence-corrected chi connectivity index (χ1v) is 27.6. The average molecular weight is 1110 g/mol. The molecule has 6 rings (SSSR count). The molecular formula is C51H72N12O14S. The van der Waals surface area contributed by atoms with Crippen LogP contribution in [-0.4, -0.2) is 184 Å². The van der Waals surface area contributed by atoms with Crippen LogP contribution in [0.4, 0.5) is 4.79 Å². The van der Waals surface area contributed by atoms with Crippen molar-refractivity contribution in [2.24, 2.45) is 10.4 Å². The third kappa shape index (κ3) is 19.6. The molecule has 4 atom stereocenters. The number of urea groups is 1. The van der Waals surface area contributed by atoms with Crippen LogP contribution in [0, 0.1) is 5.41 Å². The van der Waals surface area contributed by atoms with Crippen molar-refractivity contribution in [2.75, 3.05) is 71.6 Å². The van der Waals surface area contributed by atoms with Crippen LogP contribution < -0.4 is 31.9 Å². The van der Waals surface area contributed by atoms with Crippen LogP contribution in [0.2, 0.25) is 0 Å². The lowest BCUT2D eigenvalue weighted by molar-refractivity contribution is -0.197. The number of aliphatic hydroxyl groups excluding tert-OH is 1. The van der Waals surface area contributed by atoms with Crippen molar-refractivity contribution in [2.45, 2.75) is 127 Å². The number of nitrogens with zero attached hydrogens (tertiary/aromatic N) is 6. The number of thioether (sulfide) groups is 1. The van der Waals surface area contributed by atoms with Gasteiger partial charge in [0.1, 0.15) is 11.8 Å². The number of ether oxygens (including phenoxy) is 3. The Morgan fingerprint density at radius 2 is 1.50 bits per heavy atom. The standard InChI is InChI=1S/C51H72N12O14S/c1-51(2)30-37(64)45(38(65)31-51)34(52-22-23-55-49(72)47-59-61-63(60-47)33-10-4-3-5-11-33)14-15-35(56-41(67)16-19-44(70)77-62-42(68)17-18-43(62)69)48(71)54-21-9-25-75-27-29-76-28-26-74-24-8-20-53-40(66)13-7-6-12-39-46-36(32-78-39)57-50(73)58-46/h3-5,10-11,35-36,39,46,64H,6-9,12-32H2,1-2H3,(H,53,66)(H,54,71)(H,55,72)(H,56,67)(H2,57,58,73)/t35-,36-,39-,46-/m0/s1. The Morgan fingerprint density at radius 1 is 0.808 bits per heavy atom. The van der Waals surface area contributed by atoms with E-state index in [4.69, 9.17) is 19.0 Å². The maximum absolute atomic E-state index is 13.7. The van der Waals surface area contributed by atoms with Gasteiger partial charge in [0.05, 0.1) is 62.7 Å². The van der Waals surface area contributed by atoms with Crippen LogP contribution >= 0.6 is 11.8 Å². The smallest absolute Gasteiger partial charge is 0.333 e. The van der Waals surface area contributed by atoms with Crippen LogP contribution in [0.3, 0.4) is 0 Å². The van der Waals surface area contributed by atoms with Crippen LogP contribution in [0.1, 0.15) is 114 Å². The first-order chi connectivity index (χ1) is 37.6. The molecule has 26 nitrogen and oxygen atoms in total. The molecule has 78 heavy (non-hydrogen) atoms. The van der Waals surface area contributed by atoms with E-state index in [-0.39, 0.29) is 124 Å². The molecule has 0 radical (unpaired) electrons. The van der Waals surface area contributed by atoms with Crippen molar-refractivity contribution < 1.29 is 67.3 Å². The number of imide groups is 1. The second kappa shape index (κ2) is 30.9. The molecule has 426 valence electrons. The van der Waals surface area contributed by atoms with Gasteiger partial charge in [-0.05, 0) is 61.3 Å². The minimum atomic E-state index is -1.22. The molecule has 0 spiro atoms. The highest BCUT2D eigenvalue weighted by molar-refractivity contribution is 8.00. The van der Waals surface area contributed by atoms with Crippen molar-refractivity contribution in [3.8, 4) is 5.69 Å². The van der Waals surface area contributed by atoms with Gasteiger partial charge in [0.2, 0.25) is 17.7 Å². The molecule has 4 aliphatic rings. The summed E-state index contributed by atoms with van der Waals surface area (Å²) in [6.07, 6.45) is 3.13. The zero-order valence-electron chi connectivity index (χ0n) is 44.2. The van der Waals surface area contributed by atoms with Crippen LogP contribution in [0.5, 0.6) is 0 Å². The maximum atomic E-state index is 13.7. The van der Waals surface area contributed by atoms with E-state index in [2.05, 4.69) is 52.3 Å². The first kappa shape index (κ1) is 60.4. The highest BCUT2D eigenvalue weighted by Crippen LogP contribution is 2.37. The number of hydroxylamine groups is 2. The fourth-order valence-corrected chi connectivity index (χ4v) is 10.5. The fraction of sp³-hybridized carbons (Fsp3) is 0.627. The molecule has 0 unspecified atom stereocenters. The van der Waals surface area contributed by atoms with Crippen molar-refractivity contribution in [1.29, 1.82) is 0 Å². The van der Waals surface area contributed by atoms with E-state index in [1.165, 1.54) is 4.80 Å². The Kier molecular flexibility index (Phi) is 23.9. The molecule has 8 amide bonds. The summed E-state index contributed by atoms with van der Waals surface area (Å²) < 4.78 is 16.8. The number of fused-ring (bicyclic) bond motifs is 1. The number of hydrogen-bond donors (Lipinski definition) is 7. The van der Waals surface area contributed by atoms with E-state index in [1.807, 2.05) is 31.7 Å². The Balaban J connectivity index is 0.902. The summed E-state index contributed by atoms with van der Waals surface area (Å²) in [6.45, 7) is 6.32. The average Bonchev–Trinajstić information content (AvgIpc) is 4.26. The van der Waals surface area contributed by atoms with Gasteiger partial charge in [-0.1, -0.05) is 38.5 Å². The highest BCUT2D eigenvalue weighted by Gasteiger charge is 2.42. The second-order valence-electron chi connectivity index (χ2n) is 19.8. The van der Waals surface area contributed by atoms with Gasteiger partial charge in [0, 0.05) is 88.1 Å². The van der Waals surface area contributed by atoms with Crippen LogP contribution in [0.15, 0.2) is 46.7 Å². The third-order valence-corrected chi connectivity index (χ3v) is 14.4. The lowest BCUT2D eigenvalue weighted by Gasteiger charge is -2.30. The van der Waals surface area contributed by atoms with Crippen molar-refractivity contribution >= 4 is 70.7 Å². The number of carbonyl (C=O) groups excluding carboxylic acids is 9. The maximum Gasteiger partial charge on any atom is 0.333 e. The summed E-state index contributed by atoms with van der Waals surface area (Å²) >= 11 is 1.87. The Labute approximate surface area is 456 Å². The number of rotatable bonds is 34. The van der Waals surface area contributed by atoms with Gasteiger partial charge in [0.25, 0.3) is 23.5 Å². The number of aliphatic imine (C=N–C) groups is 1. The van der Waals surface area contributed by atoms with Gasteiger partial charge in [-0.15, -0.1) is 20.1 Å². The molecular weight excluding hydrogens is 1040 g/mol. The number of para-hydroxylation sites is 1. The number of benzene rings is 1. The number of aromatic nitrogens is 4. The second-order valence-corrected chi connectivity index (χ2v) is 21.1. The monoisotopic (exact) mass is 1110 g/mol. The van der Waals surface area contributed by atoms with E-state index in [9.17, 15) is 48.3 Å². The van der Waals surface area contributed by atoms with E-state index in [0.717, 1.165) is 25.0 Å². The molecule has 2 aromatic rings. The molecule has 3 fully saturated rings. The number of allylic oxidation sites excluding steroid dienone is 2. The molecule has 3 saturated heterocycles. The Bertz CT molecular complexity index is 2470. The predicted molar refractivity (Wildman–Crippen MR) is 281 cm³/mol. The highest BCUT2D eigenvalue weighted by atomic mass is 32.2. The number of unbranched alkanes of at least 4 members (excludes halogenated alkanes) is 1. The molecule has 3 aliphatic heterocycles. The molecule has 7 N–H and O–H groups in total. The molecule has 1 aromatic carbocycles. The summed E-state index contributed by atoms with van der Waals surface area (Å²) in [6, 6.07) is 7.94. The van der Waals surface area contributed by atoms with Crippen molar-refractivity contribution in [1.82, 2.24) is 57.2 Å². The van der Waals surface area contributed by atoms with E-state index >= 15 is 0 Å². The van der Waals surface area contributed by atoms with Gasteiger partial charge in [-0.25, -0.2) is 9.59 Å². The molecule has 27 heteroatoms. The van der Waals surface area contributed by atoms with Crippen LogP contribution in [0.25, 0.3) is 5.69 Å². The van der Waals surface area contributed by atoms with Gasteiger partial charge in [-0.2, -0.15) is 11.8 Å². The number of Topliss-reactive ketones (excluding diaryl/α,β-unsaturated/α-hetero) is 1. The topological polar surface area (TPSA) is 342 Å². The quantitative estimate of drug-likeness (QED) is 0.0226. The summed E-state index contributed by atoms with van der Waals surface area (Å²) in [7, 11) is 0. The summed E-state index contributed by atoms with van der Waals surface area (Å²) in [4.78, 5) is 124. The predicted octanol–water partition coefficient (Wildman–Crippen LogP) is 1.47. The van der Waals surface area contributed by atoms with E-state index < -0.39 is 59.8 Å². The lowest BCUT2D eigenvalue weighted by atomic mass is 9.75. The number of tetrazole rings is 1. The van der Waals surface area contributed by atoms with E-state index in [1.54, 1.807) is 24.3 Å². The Morgan fingerprint density at radius 3 is 2.21 bits per heavy atom. The minimum absolute atomic E-state index is 0.00472. The fourth-order valence-electron chi connectivity index (χ4n) is 8.97. The summed E-state index contributed by atoms with van der Waals surface area (Å²) in [5.41, 5.74) is 0.217. The Hall–Kier alpha value is -6.84. The zero-order valence-corrected chi connectivity index (χ0v) is 45.0. The SMILES string of the molecule is CC1(C)CC(=O)C(C(CC[C@H](NC(=O)CCC(=O)ON2C(=O)CCC2=O)C(=O)NCCCOCCOCCOCCCNC(=O)CCCC[C@@H]2SC[C@@H]3NC(=O)N[C@@H]32)=NCCNC(=O)c2nnn(-c3ccccc3)n2)=C(O)C1. The molecule has 1 aliphatic carbocycles. The molecule has 0 bridgehead atoms. The molecule has 0 saturated carbocycles. The van der Waals surface area contributed by atoms with Gasteiger partial charge in [-0.3, -0.25) is 38.6 Å². The number of carbonyl (C=O) groups is 9. The zero-order chi connectivity index (χ0) is 55.9. The number of aliphatic hydroxyl groups is 1. The number of amides is 8. The summed E-state index contributed by atoms with van der Waals surface area (Å²) in [5, 5.41) is 40.8. The van der Waals surface area contributed by atoms with Crippen molar-refractivity contribution in [3.63, 3.8) is 0 Å². The largest absolute Gasteiger partial charge is 0.511 e. The van der Waals surface area contributed by atoms with E-state index in [0.29, 0.717) is 68.2 Å². The van der Waals surface area contributed by atoms with Gasteiger partial charge < -0.3 is 56.1 Å². The molecule has 4 heterocycles. The van der Waals surface area contributed by atoms with Crippen LogP contribution in [-0.2, 0) is 52.6 Å². The van der Waals surface area contributed by atoms with Crippen molar-refractivity contribution in [3.05, 3.63) is 47.5 Å². The normalized spacial score (nSPS) is 19.3. The van der Waals surface area contributed by atoms with Gasteiger partial charge >= 0.3 is 12.0 Å². The first-order valence-electron chi connectivity index (χ1n) is 26.5. The number of hydrogen-bond acceptors (Lipinski definition) is 19. The summed E-state index contributed by atoms with van der Waals surface area (Å²) in [5.74, 6) is -4.10. The lowest BCUT2D eigenvalue weighted by Crippen LogP contribution is -2.47. The number of ketones is 1. The minimum Gasteiger partial charge on any atom is -0.511 e. The third-order valence-electron chi connectivity index (χ3n) is 12.9. The van der Waals surface area contributed by atoms with Gasteiger partial charge in [0.15, 0.2) is 5.78 Å². The number of nitrogens with one attached hydrogen (secondary N) is 6.